The molecular weight excluding hydrogens is 280 g/mol. The number of fused-ring (bicyclic) bond motifs is 1. The minimum Gasteiger partial charge on any atom is -0.476 e. The van der Waals surface area contributed by atoms with Crippen LogP contribution in [0.25, 0.3) is 5.78 Å². The Hall–Kier alpha value is -2.48. The Kier molecular flexibility index (Phi) is 2.87. The first-order valence-corrected chi connectivity index (χ1v) is 6.65. The topological polar surface area (TPSA) is 89.5 Å². The average Bonchev–Trinajstić information content (AvgIpc) is 3.04. The highest BCUT2D eigenvalue weighted by molar-refractivity contribution is 7.09. The van der Waals surface area contributed by atoms with Crippen molar-refractivity contribution in [3.8, 4) is 0 Å². The van der Waals surface area contributed by atoms with Gasteiger partial charge < -0.3 is 9.67 Å². The van der Waals surface area contributed by atoms with Gasteiger partial charge in [-0.3, -0.25) is 9.20 Å². The van der Waals surface area contributed by atoms with Gasteiger partial charge in [0.1, 0.15) is 5.01 Å². The fraction of sp³-hybridized carbons (Fsp3) is 0.167. The predicted octanol–water partition coefficient (Wildman–Crippen LogP) is 1.01. The molecule has 1 N–H and O–H groups in total. The SMILES string of the molecule is Cc1c(C(=O)O)nc2n(Cc3nccs3)ccn2c1=O. The number of carbonyl (C=O) groups is 1. The van der Waals surface area contributed by atoms with Crippen molar-refractivity contribution in [3.05, 3.63) is 50.6 Å². The van der Waals surface area contributed by atoms with Crippen LogP contribution in [0.1, 0.15) is 21.1 Å². The number of rotatable bonds is 3. The molecule has 0 unspecified atom stereocenters. The summed E-state index contributed by atoms with van der Waals surface area (Å²) in [5, 5.41) is 11.8. The number of carboxylic acids is 1. The second-order valence-corrected chi connectivity index (χ2v) is 5.20. The molecule has 8 heteroatoms. The van der Waals surface area contributed by atoms with Gasteiger partial charge in [-0.05, 0) is 6.92 Å². The molecule has 0 bridgehead atoms. The highest BCUT2D eigenvalue weighted by atomic mass is 32.1. The van der Waals surface area contributed by atoms with Crippen molar-refractivity contribution in [2.75, 3.05) is 0 Å². The zero-order valence-electron chi connectivity index (χ0n) is 10.5. The van der Waals surface area contributed by atoms with Crippen molar-refractivity contribution in [2.24, 2.45) is 0 Å². The molecule has 102 valence electrons. The van der Waals surface area contributed by atoms with Crippen LogP contribution < -0.4 is 5.56 Å². The van der Waals surface area contributed by atoms with E-state index in [0.29, 0.717) is 12.3 Å². The summed E-state index contributed by atoms with van der Waals surface area (Å²) in [4.78, 5) is 31.5. The maximum absolute atomic E-state index is 12.1. The molecule has 3 aromatic rings. The Labute approximate surface area is 116 Å². The van der Waals surface area contributed by atoms with E-state index in [4.69, 9.17) is 5.11 Å². The molecule has 3 heterocycles. The van der Waals surface area contributed by atoms with E-state index in [1.165, 1.54) is 22.7 Å². The lowest BCUT2D eigenvalue weighted by atomic mass is 10.2. The van der Waals surface area contributed by atoms with Crippen LogP contribution in [0.5, 0.6) is 0 Å². The Morgan fingerprint density at radius 3 is 2.90 bits per heavy atom. The lowest BCUT2D eigenvalue weighted by Crippen LogP contribution is -2.22. The Balaban J connectivity index is 2.21. The number of hydrogen-bond donors (Lipinski definition) is 1. The van der Waals surface area contributed by atoms with E-state index in [1.54, 1.807) is 23.2 Å². The molecule has 3 aromatic heterocycles. The molecule has 0 aliphatic heterocycles. The Bertz CT molecular complexity index is 848. The quantitative estimate of drug-likeness (QED) is 0.777. The first-order chi connectivity index (χ1) is 9.58. The first kappa shape index (κ1) is 12.5. The molecule has 0 aliphatic carbocycles. The zero-order chi connectivity index (χ0) is 14.3. The molecule has 0 radical (unpaired) electrons. The van der Waals surface area contributed by atoms with Crippen LogP contribution in [0, 0.1) is 6.92 Å². The molecule has 0 amide bonds. The average molecular weight is 290 g/mol. The summed E-state index contributed by atoms with van der Waals surface area (Å²) in [5.41, 5.74) is -0.457. The van der Waals surface area contributed by atoms with Crippen molar-refractivity contribution < 1.29 is 9.90 Å². The summed E-state index contributed by atoms with van der Waals surface area (Å²) in [6, 6.07) is 0. The first-order valence-electron chi connectivity index (χ1n) is 5.77. The molecule has 0 aliphatic rings. The number of thiazole rings is 1. The summed E-state index contributed by atoms with van der Waals surface area (Å²) < 4.78 is 3.04. The van der Waals surface area contributed by atoms with Crippen molar-refractivity contribution in [1.29, 1.82) is 0 Å². The number of carboxylic acid groups (broad SMARTS) is 1. The molecule has 0 spiro atoms. The predicted molar refractivity (Wildman–Crippen MR) is 72.4 cm³/mol. The van der Waals surface area contributed by atoms with Crippen LogP contribution in [0.4, 0.5) is 0 Å². The van der Waals surface area contributed by atoms with Gasteiger partial charge >= 0.3 is 5.97 Å². The van der Waals surface area contributed by atoms with Crippen LogP contribution in [-0.4, -0.2) is 30.0 Å². The highest BCUT2D eigenvalue weighted by Gasteiger charge is 2.17. The zero-order valence-corrected chi connectivity index (χ0v) is 11.3. The molecule has 0 atom stereocenters. The van der Waals surface area contributed by atoms with E-state index >= 15 is 0 Å². The molecule has 0 fully saturated rings. The van der Waals surface area contributed by atoms with Gasteiger partial charge in [-0.1, -0.05) is 0 Å². The fourth-order valence-electron chi connectivity index (χ4n) is 1.97. The van der Waals surface area contributed by atoms with Gasteiger partial charge in [0.05, 0.1) is 6.54 Å². The van der Waals surface area contributed by atoms with Crippen molar-refractivity contribution >= 4 is 23.1 Å². The number of hydrogen-bond acceptors (Lipinski definition) is 5. The third-order valence-electron chi connectivity index (χ3n) is 2.97. The van der Waals surface area contributed by atoms with Gasteiger partial charge in [0.15, 0.2) is 5.69 Å². The van der Waals surface area contributed by atoms with E-state index < -0.39 is 5.97 Å². The minimum atomic E-state index is -1.20. The van der Waals surface area contributed by atoms with E-state index in [0.717, 1.165) is 5.01 Å². The van der Waals surface area contributed by atoms with E-state index in [9.17, 15) is 9.59 Å². The van der Waals surface area contributed by atoms with Crippen LogP contribution in [0.3, 0.4) is 0 Å². The summed E-state index contributed by atoms with van der Waals surface area (Å²) in [6.45, 7) is 1.91. The van der Waals surface area contributed by atoms with Crippen molar-refractivity contribution in [1.82, 2.24) is 18.9 Å². The second-order valence-electron chi connectivity index (χ2n) is 4.22. The lowest BCUT2D eigenvalue weighted by Gasteiger charge is -2.04. The van der Waals surface area contributed by atoms with Crippen LogP contribution in [0.2, 0.25) is 0 Å². The van der Waals surface area contributed by atoms with Crippen LogP contribution >= 0.6 is 11.3 Å². The van der Waals surface area contributed by atoms with E-state index in [2.05, 4.69) is 9.97 Å². The van der Waals surface area contributed by atoms with E-state index in [1.807, 2.05) is 5.38 Å². The molecule has 0 saturated carbocycles. The van der Waals surface area contributed by atoms with Gasteiger partial charge in [0.2, 0.25) is 5.78 Å². The minimum absolute atomic E-state index is 0.127. The van der Waals surface area contributed by atoms with Gasteiger partial charge in [-0.15, -0.1) is 11.3 Å². The molecular formula is C12H10N4O3S. The molecule has 3 rings (SSSR count). The third-order valence-corrected chi connectivity index (χ3v) is 3.73. The van der Waals surface area contributed by atoms with E-state index in [-0.39, 0.29) is 16.8 Å². The summed E-state index contributed by atoms with van der Waals surface area (Å²) in [5.74, 6) is -0.905. The number of nitrogens with zero attached hydrogens (tertiary/aromatic N) is 4. The monoisotopic (exact) mass is 290 g/mol. The van der Waals surface area contributed by atoms with Gasteiger partial charge in [-0.2, -0.15) is 0 Å². The molecule has 0 aromatic carbocycles. The molecule has 20 heavy (non-hydrogen) atoms. The summed E-state index contributed by atoms with van der Waals surface area (Å²) in [6.07, 6.45) is 4.96. The third kappa shape index (κ3) is 1.90. The van der Waals surface area contributed by atoms with Crippen molar-refractivity contribution in [3.63, 3.8) is 0 Å². The number of aromatic nitrogens is 4. The maximum atomic E-state index is 12.1. The smallest absolute Gasteiger partial charge is 0.355 e. The molecule has 0 saturated heterocycles. The van der Waals surface area contributed by atoms with Gasteiger partial charge in [0, 0.05) is 29.5 Å². The second kappa shape index (κ2) is 4.57. The normalized spacial score (nSPS) is 11.1. The lowest BCUT2D eigenvalue weighted by molar-refractivity contribution is 0.0689. The fourth-order valence-corrected chi connectivity index (χ4v) is 2.58. The van der Waals surface area contributed by atoms with Crippen LogP contribution in [-0.2, 0) is 6.54 Å². The number of aromatic carboxylic acids is 1. The van der Waals surface area contributed by atoms with Crippen LogP contribution in [0.15, 0.2) is 28.8 Å². The Morgan fingerprint density at radius 2 is 2.25 bits per heavy atom. The van der Waals surface area contributed by atoms with Gasteiger partial charge in [0.25, 0.3) is 5.56 Å². The maximum Gasteiger partial charge on any atom is 0.355 e. The standard InChI is InChI=1S/C12H10N4O3S/c1-7-9(11(18)19)14-12-15(3-4-16(12)10(7)17)6-8-13-2-5-20-8/h2-5H,6H2,1H3,(H,18,19). The van der Waals surface area contributed by atoms with Crippen molar-refractivity contribution in [2.45, 2.75) is 13.5 Å². The Morgan fingerprint density at radius 1 is 1.45 bits per heavy atom. The number of imidazole rings is 1. The highest BCUT2D eigenvalue weighted by Crippen LogP contribution is 2.10. The summed E-state index contributed by atoms with van der Waals surface area (Å²) >= 11 is 1.48. The largest absolute Gasteiger partial charge is 0.476 e. The van der Waals surface area contributed by atoms with Gasteiger partial charge in [-0.25, -0.2) is 14.8 Å². The molecule has 7 nitrogen and oxygen atoms in total. The summed E-state index contributed by atoms with van der Waals surface area (Å²) in [7, 11) is 0.